The molecule has 2 amide bonds. The number of benzene rings is 1. The molecule has 1 aromatic heterocycles. The molecule has 0 aliphatic heterocycles. The van der Waals surface area contributed by atoms with Crippen LogP contribution in [-0.2, 0) is 0 Å². The van der Waals surface area contributed by atoms with Gasteiger partial charge in [-0.1, -0.05) is 12.1 Å². The number of nitrogens with zero attached hydrogens (tertiary/aromatic N) is 2. The van der Waals surface area contributed by atoms with E-state index in [4.69, 9.17) is 5.26 Å². The number of nitriles is 1. The van der Waals surface area contributed by atoms with Crippen molar-refractivity contribution < 1.29 is 9.59 Å². The summed E-state index contributed by atoms with van der Waals surface area (Å²) in [4.78, 5) is 24.0. The first-order valence-electron chi connectivity index (χ1n) is 6.15. The minimum absolute atomic E-state index is 0.122. The summed E-state index contributed by atoms with van der Waals surface area (Å²) < 4.78 is 0. The maximum atomic E-state index is 12.1. The van der Waals surface area contributed by atoms with Gasteiger partial charge in [-0.3, -0.25) is 14.7 Å². The van der Waals surface area contributed by atoms with Crippen LogP contribution in [0.5, 0.6) is 0 Å². The van der Waals surface area contributed by atoms with E-state index in [9.17, 15) is 9.59 Å². The number of rotatable bonds is 3. The van der Waals surface area contributed by atoms with E-state index >= 15 is 0 Å². The number of aryl methyl sites for hydroxylation is 1. The molecule has 2 aromatic rings. The van der Waals surface area contributed by atoms with Crippen LogP contribution in [0.2, 0.25) is 0 Å². The molecule has 1 aromatic carbocycles. The third kappa shape index (κ3) is 2.90. The number of aromatic amines is 1. The van der Waals surface area contributed by atoms with Crippen molar-refractivity contribution in [1.82, 2.24) is 15.5 Å². The molecule has 0 saturated carbocycles. The second-order valence-electron chi connectivity index (χ2n) is 4.31. The first-order valence-corrected chi connectivity index (χ1v) is 6.15. The largest absolute Gasteiger partial charge is 0.355 e. The van der Waals surface area contributed by atoms with Gasteiger partial charge in [0.1, 0.15) is 11.8 Å². The molecular formula is C14H13N5O2. The Morgan fingerprint density at radius 3 is 2.71 bits per heavy atom. The normalized spacial score (nSPS) is 9.76. The van der Waals surface area contributed by atoms with Gasteiger partial charge >= 0.3 is 0 Å². The summed E-state index contributed by atoms with van der Waals surface area (Å²) in [5.41, 5.74) is 1.82. The number of aromatic nitrogens is 2. The van der Waals surface area contributed by atoms with Crippen LogP contribution in [-0.4, -0.2) is 29.1 Å². The fraction of sp³-hybridized carbons (Fsp3) is 0.143. The zero-order chi connectivity index (χ0) is 15.4. The zero-order valence-corrected chi connectivity index (χ0v) is 11.5. The molecule has 7 heteroatoms. The number of hydrogen-bond donors (Lipinski definition) is 3. The Balaban J connectivity index is 2.33. The maximum absolute atomic E-state index is 12.1. The summed E-state index contributed by atoms with van der Waals surface area (Å²) >= 11 is 0. The quantitative estimate of drug-likeness (QED) is 0.786. The smallest absolute Gasteiger partial charge is 0.273 e. The van der Waals surface area contributed by atoms with Crippen molar-refractivity contribution in [2.24, 2.45) is 0 Å². The van der Waals surface area contributed by atoms with Crippen molar-refractivity contribution in [3.05, 3.63) is 46.8 Å². The second kappa shape index (κ2) is 5.88. The molecule has 1 heterocycles. The fourth-order valence-electron chi connectivity index (χ4n) is 1.83. The van der Waals surface area contributed by atoms with Crippen molar-refractivity contribution in [3.63, 3.8) is 0 Å². The number of H-pyrrole nitrogens is 1. The third-order valence-corrected chi connectivity index (χ3v) is 2.92. The molecule has 106 valence electrons. The van der Waals surface area contributed by atoms with Gasteiger partial charge in [0.25, 0.3) is 11.8 Å². The van der Waals surface area contributed by atoms with Crippen molar-refractivity contribution in [1.29, 1.82) is 5.26 Å². The highest BCUT2D eigenvalue weighted by atomic mass is 16.2. The van der Waals surface area contributed by atoms with Gasteiger partial charge in [0.05, 0.1) is 11.3 Å². The molecule has 0 aliphatic rings. The molecule has 7 nitrogen and oxygen atoms in total. The molecular weight excluding hydrogens is 270 g/mol. The van der Waals surface area contributed by atoms with E-state index in [1.54, 1.807) is 25.1 Å². The summed E-state index contributed by atoms with van der Waals surface area (Å²) in [7, 11) is 1.52. The highest BCUT2D eigenvalue weighted by Gasteiger charge is 2.16. The van der Waals surface area contributed by atoms with Gasteiger partial charge in [0.2, 0.25) is 0 Å². The maximum Gasteiger partial charge on any atom is 0.273 e. The lowest BCUT2D eigenvalue weighted by Gasteiger charge is -2.12. The van der Waals surface area contributed by atoms with Crippen molar-refractivity contribution in [2.75, 3.05) is 12.4 Å². The molecule has 21 heavy (non-hydrogen) atoms. The van der Waals surface area contributed by atoms with Crippen molar-refractivity contribution >= 4 is 17.5 Å². The van der Waals surface area contributed by atoms with Crippen molar-refractivity contribution in [3.8, 4) is 6.07 Å². The van der Waals surface area contributed by atoms with E-state index in [2.05, 4.69) is 20.8 Å². The van der Waals surface area contributed by atoms with Gasteiger partial charge in [-0.15, -0.1) is 0 Å². The standard InChI is InChI=1S/C14H13N5O2/c1-8-4-3-5-10(13(20)16-2)12(8)17-14(21)11-6-9(7-15)18-19-11/h3-6H,1-2H3,(H,16,20)(H,17,21)(H,18,19). The predicted molar refractivity (Wildman–Crippen MR) is 75.8 cm³/mol. The number of carbonyl (C=O) groups is 2. The van der Waals surface area contributed by atoms with Crippen LogP contribution in [0.3, 0.4) is 0 Å². The Kier molecular flexibility index (Phi) is 4.00. The van der Waals surface area contributed by atoms with Crippen LogP contribution in [0.4, 0.5) is 5.69 Å². The Morgan fingerprint density at radius 2 is 2.10 bits per heavy atom. The van der Waals surface area contributed by atoms with Gasteiger partial charge in [0, 0.05) is 13.1 Å². The molecule has 0 fully saturated rings. The first-order chi connectivity index (χ1) is 10.1. The first kappa shape index (κ1) is 14.3. The highest BCUT2D eigenvalue weighted by Crippen LogP contribution is 2.21. The Bertz CT molecular complexity index is 742. The summed E-state index contributed by atoms with van der Waals surface area (Å²) in [6.07, 6.45) is 0. The Labute approximate surface area is 121 Å². The van der Waals surface area contributed by atoms with Crippen LogP contribution in [0.1, 0.15) is 32.1 Å². The monoisotopic (exact) mass is 283 g/mol. The Hall–Kier alpha value is -3.14. The second-order valence-corrected chi connectivity index (χ2v) is 4.31. The molecule has 0 bridgehead atoms. The number of para-hydroxylation sites is 1. The van der Waals surface area contributed by atoms with Crippen molar-refractivity contribution in [2.45, 2.75) is 6.92 Å². The SMILES string of the molecule is CNC(=O)c1cccc(C)c1NC(=O)c1cc(C#N)n[nH]1. The number of carbonyl (C=O) groups excluding carboxylic acids is 2. The minimum Gasteiger partial charge on any atom is -0.355 e. The average molecular weight is 283 g/mol. The molecule has 0 unspecified atom stereocenters. The van der Waals surface area contributed by atoms with Gasteiger partial charge in [-0.25, -0.2) is 0 Å². The lowest BCUT2D eigenvalue weighted by atomic mass is 10.1. The highest BCUT2D eigenvalue weighted by molar-refractivity contribution is 6.08. The minimum atomic E-state index is -0.469. The molecule has 0 atom stereocenters. The van der Waals surface area contributed by atoms with Crippen LogP contribution in [0.25, 0.3) is 0 Å². The van der Waals surface area contributed by atoms with E-state index in [1.807, 2.05) is 6.07 Å². The lowest BCUT2D eigenvalue weighted by molar-refractivity contribution is 0.0964. The molecule has 0 aliphatic carbocycles. The third-order valence-electron chi connectivity index (χ3n) is 2.92. The van der Waals surface area contributed by atoms with E-state index in [0.29, 0.717) is 11.3 Å². The van der Waals surface area contributed by atoms with E-state index in [1.165, 1.54) is 13.1 Å². The predicted octanol–water partition coefficient (Wildman–Crippen LogP) is 1.20. The number of amides is 2. The number of nitrogens with one attached hydrogen (secondary N) is 3. The summed E-state index contributed by atoms with van der Waals surface area (Å²) in [5.74, 6) is -0.764. The Morgan fingerprint density at radius 1 is 1.33 bits per heavy atom. The fourth-order valence-corrected chi connectivity index (χ4v) is 1.83. The molecule has 2 rings (SSSR count). The number of anilines is 1. The van der Waals surface area contributed by atoms with E-state index in [0.717, 1.165) is 5.56 Å². The molecule has 0 saturated heterocycles. The van der Waals surface area contributed by atoms with E-state index in [-0.39, 0.29) is 17.3 Å². The zero-order valence-electron chi connectivity index (χ0n) is 11.5. The van der Waals surface area contributed by atoms with Gasteiger partial charge < -0.3 is 10.6 Å². The van der Waals surface area contributed by atoms with Gasteiger partial charge in [-0.2, -0.15) is 10.4 Å². The average Bonchev–Trinajstić information content (AvgIpc) is 2.97. The van der Waals surface area contributed by atoms with Gasteiger partial charge in [-0.05, 0) is 18.6 Å². The number of hydrogen-bond acceptors (Lipinski definition) is 4. The van der Waals surface area contributed by atoms with Gasteiger partial charge in [0.15, 0.2) is 5.69 Å². The summed E-state index contributed by atoms with van der Waals surface area (Å²) in [6.45, 7) is 1.79. The topological polar surface area (TPSA) is 111 Å². The lowest BCUT2D eigenvalue weighted by Crippen LogP contribution is -2.22. The molecule has 3 N–H and O–H groups in total. The van der Waals surface area contributed by atoms with Crippen LogP contribution in [0.15, 0.2) is 24.3 Å². The summed E-state index contributed by atoms with van der Waals surface area (Å²) in [5, 5.41) is 20.0. The summed E-state index contributed by atoms with van der Waals surface area (Å²) in [6, 6.07) is 8.31. The molecule has 0 radical (unpaired) electrons. The van der Waals surface area contributed by atoms with Crippen LogP contribution in [0, 0.1) is 18.3 Å². The van der Waals surface area contributed by atoms with E-state index < -0.39 is 5.91 Å². The van der Waals surface area contributed by atoms with Crippen LogP contribution < -0.4 is 10.6 Å². The molecule has 0 spiro atoms. The van der Waals surface area contributed by atoms with Crippen LogP contribution >= 0.6 is 0 Å².